The minimum Gasteiger partial charge on any atom is -0.339 e. The number of nitrogens with two attached hydrogens (primary N) is 1. The van der Waals surface area contributed by atoms with E-state index in [1.54, 1.807) is 12.1 Å². The van der Waals surface area contributed by atoms with Crippen molar-refractivity contribution in [2.45, 2.75) is 23.2 Å². The third-order valence-corrected chi connectivity index (χ3v) is 5.28. The number of sulfonamides is 1. The summed E-state index contributed by atoms with van der Waals surface area (Å²) in [6.45, 7) is 0. The highest BCUT2D eigenvalue weighted by Gasteiger charge is 2.43. The van der Waals surface area contributed by atoms with Gasteiger partial charge in [0, 0.05) is 5.92 Å². The van der Waals surface area contributed by atoms with Crippen LogP contribution in [0.2, 0.25) is 0 Å². The van der Waals surface area contributed by atoms with E-state index in [1.807, 2.05) is 0 Å². The molecule has 0 spiro atoms. The van der Waals surface area contributed by atoms with Crippen LogP contribution in [0.3, 0.4) is 0 Å². The van der Waals surface area contributed by atoms with Crippen molar-refractivity contribution in [3.8, 4) is 11.4 Å². The Morgan fingerprint density at radius 3 is 2.50 bits per heavy atom. The van der Waals surface area contributed by atoms with Gasteiger partial charge in [-0.3, -0.25) is 0 Å². The average molecular weight is 377 g/mol. The molecule has 6 nitrogen and oxygen atoms in total. The maximum absolute atomic E-state index is 13.8. The standard InChI is InChI=1S/C17H13F2N3O3S/c18-10-3-6-15(19)14(7-10)16-21-17(25-22-16)13-8-12(13)9-1-4-11(5-2-9)26(20,23)24/h1-7,12-13H,8H2,(H2,20,23,24)/t12-,13+/m0/s1. The summed E-state index contributed by atoms with van der Waals surface area (Å²) in [6.07, 6.45) is 0.738. The number of aromatic nitrogens is 2. The van der Waals surface area contributed by atoms with Crippen LogP contribution in [0, 0.1) is 11.6 Å². The van der Waals surface area contributed by atoms with Crippen molar-refractivity contribution in [3.63, 3.8) is 0 Å². The zero-order chi connectivity index (χ0) is 18.5. The summed E-state index contributed by atoms with van der Waals surface area (Å²) < 4.78 is 54.9. The predicted octanol–water partition coefficient (Wildman–Crippen LogP) is 2.93. The number of primary sulfonamides is 1. The third kappa shape index (κ3) is 3.11. The number of hydrogen-bond acceptors (Lipinski definition) is 5. The highest BCUT2D eigenvalue weighted by Crippen LogP contribution is 2.54. The molecule has 0 radical (unpaired) electrons. The Morgan fingerprint density at radius 2 is 1.81 bits per heavy atom. The van der Waals surface area contributed by atoms with Gasteiger partial charge in [0.15, 0.2) is 0 Å². The van der Waals surface area contributed by atoms with Crippen LogP contribution in [0.4, 0.5) is 8.78 Å². The fourth-order valence-corrected chi connectivity index (χ4v) is 3.42. The van der Waals surface area contributed by atoms with Gasteiger partial charge in [-0.1, -0.05) is 17.3 Å². The van der Waals surface area contributed by atoms with Crippen LogP contribution in [-0.2, 0) is 10.0 Å². The molecule has 1 heterocycles. The van der Waals surface area contributed by atoms with Crippen LogP contribution in [0.15, 0.2) is 51.9 Å². The van der Waals surface area contributed by atoms with Gasteiger partial charge in [0.1, 0.15) is 11.6 Å². The Balaban J connectivity index is 1.54. The summed E-state index contributed by atoms with van der Waals surface area (Å²) in [5, 5.41) is 8.81. The van der Waals surface area contributed by atoms with Crippen molar-refractivity contribution in [3.05, 3.63) is 65.6 Å². The highest BCUT2D eigenvalue weighted by molar-refractivity contribution is 7.89. The lowest BCUT2D eigenvalue weighted by Gasteiger charge is -2.01. The molecular weight excluding hydrogens is 364 g/mol. The Hall–Kier alpha value is -2.65. The van der Waals surface area contributed by atoms with Gasteiger partial charge in [0.05, 0.1) is 10.5 Å². The largest absolute Gasteiger partial charge is 0.339 e. The minimum atomic E-state index is -3.73. The summed E-state index contributed by atoms with van der Waals surface area (Å²) in [5.74, 6) is -0.850. The van der Waals surface area contributed by atoms with Gasteiger partial charge >= 0.3 is 0 Å². The summed E-state index contributed by atoms with van der Waals surface area (Å²) in [5.41, 5.74) is 0.855. The minimum absolute atomic E-state index is 0.00720. The van der Waals surface area contributed by atoms with E-state index in [0.29, 0.717) is 5.89 Å². The maximum Gasteiger partial charge on any atom is 0.238 e. The van der Waals surface area contributed by atoms with Gasteiger partial charge in [-0.05, 0) is 48.2 Å². The topological polar surface area (TPSA) is 99.1 Å². The van der Waals surface area contributed by atoms with Gasteiger partial charge in [0.2, 0.25) is 21.7 Å². The number of hydrogen-bond donors (Lipinski definition) is 1. The van der Waals surface area contributed by atoms with E-state index in [0.717, 1.165) is 30.2 Å². The maximum atomic E-state index is 13.8. The SMILES string of the molecule is NS(=O)(=O)c1ccc([C@@H]2C[C@H]2c2nc(-c3cc(F)ccc3F)no2)cc1. The van der Waals surface area contributed by atoms with E-state index in [1.165, 1.54) is 12.1 Å². The predicted molar refractivity (Wildman–Crippen MR) is 87.6 cm³/mol. The molecule has 3 aromatic rings. The van der Waals surface area contributed by atoms with Crippen LogP contribution in [0.5, 0.6) is 0 Å². The Morgan fingerprint density at radius 1 is 1.08 bits per heavy atom. The molecule has 134 valence electrons. The Kier molecular flexibility index (Phi) is 3.85. The average Bonchev–Trinajstić information content (AvgIpc) is 3.25. The smallest absolute Gasteiger partial charge is 0.238 e. The molecule has 0 saturated heterocycles. The molecule has 0 amide bonds. The molecule has 9 heteroatoms. The highest BCUT2D eigenvalue weighted by atomic mass is 32.2. The van der Waals surface area contributed by atoms with Crippen LogP contribution in [-0.4, -0.2) is 18.6 Å². The van der Waals surface area contributed by atoms with Crippen LogP contribution in [0.1, 0.15) is 29.7 Å². The van der Waals surface area contributed by atoms with Crippen LogP contribution in [0.25, 0.3) is 11.4 Å². The quantitative estimate of drug-likeness (QED) is 0.754. The second-order valence-corrected chi connectivity index (χ2v) is 7.70. The third-order valence-electron chi connectivity index (χ3n) is 4.36. The molecule has 1 fully saturated rings. The second kappa shape index (κ2) is 5.96. The summed E-state index contributed by atoms with van der Waals surface area (Å²) in [7, 11) is -3.73. The molecule has 2 atom stereocenters. The number of rotatable bonds is 4. The monoisotopic (exact) mass is 377 g/mol. The van der Waals surface area contributed by atoms with Gasteiger partial charge in [-0.25, -0.2) is 22.3 Å². The molecular formula is C17H13F2N3O3S. The van der Waals surface area contributed by atoms with Gasteiger partial charge in [-0.15, -0.1) is 0 Å². The number of nitrogens with zero attached hydrogens (tertiary/aromatic N) is 2. The molecule has 1 aliphatic rings. The van der Waals surface area contributed by atoms with Gasteiger partial charge < -0.3 is 4.52 Å². The van der Waals surface area contributed by atoms with Crippen LogP contribution < -0.4 is 5.14 Å². The molecule has 26 heavy (non-hydrogen) atoms. The normalized spacial score (nSPS) is 19.5. The molecule has 4 rings (SSSR count). The molecule has 1 saturated carbocycles. The summed E-state index contributed by atoms with van der Waals surface area (Å²) in [6, 6.07) is 9.31. The Labute approximate surface area is 147 Å². The lowest BCUT2D eigenvalue weighted by atomic mass is 10.1. The fourth-order valence-electron chi connectivity index (χ4n) is 2.91. The van der Waals surface area contributed by atoms with E-state index in [-0.39, 0.29) is 28.1 Å². The molecule has 2 N–H and O–H groups in total. The summed E-state index contributed by atoms with van der Waals surface area (Å²) in [4.78, 5) is 4.22. The van der Waals surface area contributed by atoms with Crippen LogP contribution >= 0.6 is 0 Å². The van der Waals surface area contributed by atoms with Gasteiger partial charge in [-0.2, -0.15) is 4.98 Å². The first-order chi connectivity index (χ1) is 12.3. The van der Waals surface area contributed by atoms with E-state index in [9.17, 15) is 17.2 Å². The first-order valence-electron chi connectivity index (χ1n) is 7.75. The van der Waals surface area contributed by atoms with E-state index in [4.69, 9.17) is 9.66 Å². The first kappa shape index (κ1) is 16.8. The number of halogens is 2. The fraction of sp³-hybridized carbons (Fsp3) is 0.176. The molecule has 0 bridgehead atoms. The van der Waals surface area contributed by atoms with Crippen molar-refractivity contribution in [2.24, 2.45) is 5.14 Å². The molecule has 0 aliphatic heterocycles. The summed E-state index contributed by atoms with van der Waals surface area (Å²) >= 11 is 0. The van der Waals surface area contributed by atoms with E-state index < -0.39 is 21.7 Å². The molecule has 2 aromatic carbocycles. The van der Waals surface area contributed by atoms with E-state index >= 15 is 0 Å². The van der Waals surface area contributed by atoms with Crippen molar-refractivity contribution >= 4 is 10.0 Å². The first-order valence-corrected chi connectivity index (χ1v) is 9.29. The van der Waals surface area contributed by atoms with Gasteiger partial charge in [0.25, 0.3) is 0 Å². The second-order valence-electron chi connectivity index (χ2n) is 6.14. The Bertz CT molecular complexity index is 1080. The lowest BCUT2D eigenvalue weighted by molar-refractivity contribution is 0.378. The van der Waals surface area contributed by atoms with E-state index in [2.05, 4.69) is 10.1 Å². The number of benzene rings is 2. The van der Waals surface area contributed by atoms with Crippen molar-refractivity contribution in [2.75, 3.05) is 0 Å². The van der Waals surface area contributed by atoms with Crippen molar-refractivity contribution in [1.29, 1.82) is 0 Å². The molecule has 1 aromatic heterocycles. The molecule has 1 aliphatic carbocycles. The zero-order valence-electron chi connectivity index (χ0n) is 13.3. The zero-order valence-corrected chi connectivity index (χ0v) is 14.1. The lowest BCUT2D eigenvalue weighted by Crippen LogP contribution is -2.11. The molecule has 0 unspecified atom stereocenters. The van der Waals surface area contributed by atoms with Crippen molar-refractivity contribution < 1.29 is 21.7 Å². The van der Waals surface area contributed by atoms with Crippen molar-refractivity contribution in [1.82, 2.24) is 10.1 Å².